The summed E-state index contributed by atoms with van der Waals surface area (Å²) < 4.78 is 6.70. The van der Waals surface area contributed by atoms with E-state index in [1.165, 1.54) is 15.9 Å². The summed E-state index contributed by atoms with van der Waals surface area (Å²) in [5.41, 5.74) is 1.17. The van der Waals surface area contributed by atoms with Gasteiger partial charge in [-0.2, -0.15) is 0 Å². The topological polar surface area (TPSA) is 82.5 Å². The van der Waals surface area contributed by atoms with Crippen LogP contribution < -0.4 is 5.76 Å². The van der Waals surface area contributed by atoms with Crippen molar-refractivity contribution in [1.29, 1.82) is 0 Å². The number of rotatable bonds is 5. The third kappa shape index (κ3) is 3.57. The number of oxime groups is 1. The molecule has 118 valence electrons. The van der Waals surface area contributed by atoms with Crippen molar-refractivity contribution in [2.45, 2.75) is 6.61 Å². The molecule has 0 bridgehead atoms. The lowest BCUT2D eigenvalue weighted by Crippen LogP contribution is -2.17. The van der Waals surface area contributed by atoms with Crippen LogP contribution in [0.15, 0.2) is 54.8 Å². The van der Waals surface area contributed by atoms with E-state index in [1.807, 2.05) is 35.7 Å². The van der Waals surface area contributed by atoms with Crippen LogP contribution in [-0.2, 0) is 18.5 Å². The highest BCUT2D eigenvalue weighted by Crippen LogP contribution is 2.16. The second-order valence-electron chi connectivity index (χ2n) is 4.47. The highest BCUT2D eigenvalue weighted by atomic mass is 79.9. The Labute approximate surface area is 143 Å². The Kier molecular flexibility index (Phi) is 4.68. The normalized spacial score (nSPS) is 11.7. The number of hydrogen-bond acceptors (Lipinski definition) is 7. The number of hydrogen-bond donors (Lipinski definition) is 0. The van der Waals surface area contributed by atoms with Crippen molar-refractivity contribution in [3.63, 3.8) is 0 Å². The van der Waals surface area contributed by atoms with Crippen LogP contribution in [0.25, 0.3) is 0 Å². The molecule has 0 spiro atoms. The fourth-order valence-corrected chi connectivity index (χ4v) is 2.99. The summed E-state index contributed by atoms with van der Waals surface area (Å²) in [6.07, 6.45) is 0. The zero-order chi connectivity index (χ0) is 16.2. The molecule has 0 amide bonds. The summed E-state index contributed by atoms with van der Waals surface area (Å²) >= 11 is 4.74. The van der Waals surface area contributed by atoms with E-state index in [2.05, 4.69) is 35.7 Å². The Balaban J connectivity index is 1.90. The Bertz CT molecular complexity index is 885. The molecule has 0 unspecified atom stereocenters. The highest BCUT2D eigenvalue weighted by Gasteiger charge is 2.17. The molecule has 23 heavy (non-hydrogen) atoms. The molecule has 0 radical (unpaired) electrons. The van der Waals surface area contributed by atoms with E-state index in [0.717, 1.165) is 15.2 Å². The molecule has 0 saturated heterocycles. The minimum Gasteiger partial charge on any atom is -0.388 e. The fourth-order valence-electron chi connectivity index (χ4n) is 1.82. The van der Waals surface area contributed by atoms with Gasteiger partial charge in [-0.3, -0.25) is 9.09 Å². The summed E-state index contributed by atoms with van der Waals surface area (Å²) in [6.45, 7) is 0.221. The predicted molar refractivity (Wildman–Crippen MR) is 88.4 cm³/mol. The van der Waals surface area contributed by atoms with Gasteiger partial charge in [-0.1, -0.05) is 40.6 Å². The van der Waals surface area contributed by atoms with Gasteiger partial charge < -0.3 is 4.84 Å². The Morgan fingerprint density at radius 2 is 2.22 bits per heavy atom. The minimum absolute atomic E-state index is 0.221. The van der Waals surface area contributed by atoms with Crippen molar-refractivity contribution in [2.75, 3.05) is 0 Å². The highest BCUT2D eigenvalue weighted by molar-refractivity contribution is 9.10. The monoisotopic (exact) mass is 394 g/mol. The van der Waals surface area contributed by atoms with E-state index in [-0.39, 0.29) is 6.61 Å². The molecular weight excluding hydrogens is 384 g/mol. The van der Waals surface area contributed by atoms with Crippen molar-refractivity contribution in [3.05, 3.63) is 67.3 Å². The van der Waals surface area contributed by atoms with Crippen LogP contribution in [-0.4, -0.2) is 20.4 Å². The number of thiazole rings is 1. The largest absolute Gasteiger partial charge is 0.441 e. The summed E-state index contributed by atoms with van der Waals surface area (Å²) in [7, 11) is 1.56. The van der Waals surface area contributed by atoms with Crippen LogP contribution in [0.2, 0.25) is 0 Å². The maximum Gasteiger partial charge on any atom is 0.441 e. The number of benzene rings is 1. The number of nitrogens with zero attached hydrogens (tertiary/aromatic N) is 4. The number of halogens is 1. The molecular formula is C14H11BrN4O3S. The van der Waals surface area contributed by atoms with E-state index in [9.17, 15) is 4.79 Å². The molecule has 0 atom stereocenters. The van der Waals surface area contributed by atoms with E-state index in [1.54, 1.807) is 7.05 Å². The fraction of sp³-hybridized carbons (Fsp3) is 0.143. The first-order chi connectivity index (χ1) is 11.1. The van der Waals surface area contributed by atoms with Crippen LogP contribution in [0.1, 0.15) is 16.4 Å². The Hall–Kier alpha value is -2.26. The molecule has 0 aliphatic rings. The van der Waals surface area contributed by atoms with Gasteiger partial charge in [-0.05, 0) is 15.9 Å². The maximum absolute atomic E-state index is 11.5. The van der Waals surface area contributed by atoms with E-state index < -0.39 is 5.76 Å². The van der Waals surface area contributed by atoms with Crippen molar-refractivity contribution < 1.29 is 9.36 Å². The summed E-state index contributed by atoms with van der Waals surface area (Å²) in [5.74, 6) is -0.269. The second-order valence-corrected chi connectivity index (χ2v) is 6.23. The first-order valence-corrected chi connectivity index (χ1v) is 8.21. The molecule has 1 aromatic carbocycles. The molecule has 2 aromatic heterocycles. The molecule has 0 N–H and O–H groups in total. The summed E-state index contributed by atoms with van der Waals surface area (Å²) in [5, 5.41) is 10.5. The Morgan fingerprint density at radius 3 is 2.83 bits per heavy atom. The zero-order valence-electron chi connectivity index (χ0n) is 12.0. The van der Waals surface area contributed by atoms with Gasteiger partial charge in [0.15, 0.2) is 12.3 Å². The van der Waals surface area contributed by atoms with Crippen LogP contribution in [0.5, 0.6) is 0 Å². The van der Waals surface area contributed by atoms with Gasteiger partial charge in [0.1, 0.15) is 9.61 Å². The van der Waals surface area contributed by atoms with E-state index >= 15 is 0 Å². The molecule has 0 fully saturated rings. The quantitative estimate of drug-likeness (QED) is 0.490. The second kappa shape index (κ2) is 6.88. The molecule has 3 rings (SSSR count). The summed E-state index contributed by atoms with van der Waals surface area (Å²) in [6, 6.07) is 9.31. The van der Waals surface area contributed by atoms with Gasteiger partial charge in [0.2, 0.25) is 5.82 Å². The first-order valence-electron chi connectivity index (χ1n) is 6.53. The average molecular weight is 395 g/mol. The molecule has 9 heteroatoms. The van der Waals surface area contributed by atoms with Gasteiger partial charge in [0.05, 0.1) is 0 Å². The third-order valence-electron chi connectivity index (χ3n) is 2.93. The minimum atomic E-state index is -0.563. The smallest absolute Gasteiger partial charge is 0.388 e. The van der Waals surface area contributed by atoms with Crippen LogP contribution in [0.3, 0.4) is 0 Å². The molecule has 2 heterocycles. The standard InChI is InChI=1S/C14H11BrN4O3S/c1-19-13(18-22-14(19)20)12(9-5-3-2-4-6-9)17-21-7-11-16-10(15)8-23-11/h2-6,8H,7H2,1H3/b17-12-. The Morgan fingerprint density at radius 1 is 1.43 bits per heavy atom. The number of aromatic nitrogens is 3. The predicted octanol–water partition coefficient (Wildman–Crippen LogP) is 2.56. The molecule has 7 nitrogen and oxygen atoms in total. The SMILES string of the molecule is Cn1c(/C(=N\OCc2nc(Br)cs2)c2ccccc2)noc1=O. The van der Waals surface area contributed by atoms with Crippen molar-refractivity contribution >= 4 is 33.0 Å². The van der Waals surface area contributed by atoms with E-state index in [0.29, 0.717) is 11.5 Å². The molecule has 0 aliphatic heterocycles. The first kappa shape index (κ1) is 15.6. The van der Waals surface area contributed by atoms with Gasteiger partial charge in [-0.15, -0.1) is 11.3 Å². The summed E-state index contributed by atoms with van der Waals surface area (Å²) in [4.78, 5) is 21.1. The molecule has 3 aromatic rings. The van der Waals surface area contributed by atoms with Crippen molar-refractivity contribution in [2.24, 2.45) is 12.2 Å². The lowest BCUT2D eigenvalue weighted by molar-refractivity contribution is 0.130. The van der Waals surface area contributed by atoms with Crippen LogP contribution in [0.4, 0.5) is 0 Å². The van der Waals surface area contributed by atoms with Crippen LogP contribution >= 0.6 is 27.3 Å². The van der Waals surface area contributed by atoms with Gasteiger partial charge >= 0.3 is 5.76 Å². The lowest BCUT2D eigenvalue weighted by Gasteiger charge is -2.04. The lowest BCUT2D eigenvalue weighted by atomic mass is 10.1. The third-order valence-corrected chi connectivity index (χ3v) is 4.46. The molecule has 0 aliphatic carbocycles. The average Bonchev–Trinajstić information content (AvgIpc) is 3.12. The maximum atomic E-state index is 11.5. The van der Waals surface area contributed by atoms with Gasteiger partial charge in [0.25, 0.3) is 0 Å². The molecule has 0 saturated carbocycles. The van der Waals surface area contributed by atoms with Crippen molar-refractivity contribution in [3.8, 4) is 0 Å². The van der Waals surface area contributed by atoms with E-state index in [4.69, 9.17) is 4.84 Å². The van der Waals surface area contributed by atoms with Crippen molar-refractivity contribution in [1.82, 2.24) is 14.7 Å². The zero-order valence-corrected chi connectivity index (χ0v) is 14.4. The van der Waals surface area contributed by atoms with Gasteiger partial charge in [0, 0.05) is 18.0 Å². The van der Waals surface area contributed by atoms with Crippen LogP contribution in [0, 0.1) is 0 Å². The van der Waals surface area contributed by atoms with Gasteiger partial charge in [-0.25, -0.2) is 9.78 Å².